The van der Waals surface area contributed by atoms with Crippen LogP contribution in [0.15, 0.2) is 24.3 Å². The van der Waals surface area contributed by atoms with Gasteiger partial charge in [0.2, 0.25) is 11.8 Å². The van der Waals surface area contributed by atoms with E-state index in [0.29, 0.717) is 17.8 Å². The van der Waals surface area contributed by atoms with Crippen LogP contribution in [0.4, 0.5) is 5.69 Å². The lowest BCUT2D eigenvalue weighted by Gasteiger charge is -2.21. The predicted molar refractivity (Wildman–Crippen MR) is 92.4 cm³/mol. The zero-order valence-corrected chi connectivity index (χ0v) is 14.6. The van der Waals surface area contributed by atoms with Gasteiger partial charge in [-0.05, 0) is 37.1 Å². The summed E-state index contributed by atoms with van der Waals surface area (Å²) >= 11 is 0. The molecule has 0 spiro atoms. The molecule has 2 amide bonds. The van der Waals surface area contributed by atoms with Crippen LogP contribution in [-0.4, -0.2) is 50.7 Å². The molecule has 1 unspecified atom stereocenters. The highest BCUT2D eigenvalue weighted by atomic mass is 16.5. The third kappa shape index (κ3) is 5.56. The molecule has 1 atom stereocenters. The standard InChI is InChI=1S/C18H24N2O5/c1-13(21)20(15-7-5-14(6-8-15)18(23)24-2)10-9-17(22)19-12-16-4-3-11-25-16/h5-8,16H,3-4,9-12H2,1-2H3,(H,19,22). The fourth-order valence-electron chi connectivity index (χ4n) is 2.70. The van der Waals surface area contributed by atoms with Gasteiger partial charge in [-0.25, -0.2) is 4.79 Å². The van der Waals surface area contributed by atoms with Crippen LogP contribution in [0.25, 0.3) is 0 Å². The summed E-state index contributed by atoms with van der Waals surface area (Å²) < 4.78 is 10.1. The molecule has 0 aromatic heterocycles. The van der Waals surface area contributed by atoms with E-state index < -0.39 is 5.97 Å². The summed E-state index contributed by atoms with van der Waals surface area (Å²) in [5.74, 6) is -0.722. The smallest absolute Gasteiger partial charge is 0.337 e. The number of carbonyl (C=O) groups is 3. The first-order valence-corrected chi connectivity index (χ1v) is 8.36. The average Bonchev–Trinajstić information content (AvgIpc) is 3.13. The number of rotatable bonds is 7. The lowest BCUT2D eigenvalue weighted by Crippen LogP contribution is -2.36. The second kappa shape index (κ2) is 9.17. The van der Waals surface area contributed by atoms with Gasteiger partial charge >= 0.3 is 5.97 Å². The van der Waals surface area contributed by atoms with E-state index in [1.54, 1.807) is 24.3 Å². The number of nitrogens with zero attached hydrogens (tertiary/aromatic N) is 1. The van der Waals surface area contributed by atoms with Crippen LogP contribution in [0.3, 0.4) is 0 Å². The Morgan fingerprint density at radius 2 is 2.00 bits per heavy atom. The molecule has 0 bridgehead atoms. The molecule has 1 aliphatic rings. The summed E-state index contributed by atoms with van der Waals surface area (Å²) in [6, 6.07) is 6.51. The van der Waals surface area contributed by atoms with Crippen molar-refractivity contribution in [2.45, 2.75) is 32.3 Å². The average molecular weight is 348 g/mol. The number of anilines is 1. The number of hydrogen-bond acceptors (Lipinski definition) is 5. The Labute approximate surface area is 147 Å². The van der Waals surface area contributed by atoms with Crippen LogP contribution in [0.1, 0.15) is 36.5 Å². The number of ether oxygens (including phenoxy) is 2. The fraction of sp³-hybridized carbons (Fsp3) is 0.500. The summed E-state index contributed by atoms with van der Waals surface area (Å²) in [7, 11) is 1.31. The van der Waals surface area contributed by atoms with Gasteiger partial charge in [0.05, 0.1) is 18.8 Å². The summed E-state index contributed by atoms with van der Waals surface area (Å²) in [6.45, 7) is 2.97. The number of hydrogen-bond donors (Lipinski definition) is 1. The van der Waals surface area contributed by atoms with E-state index in [4.69, 9.17) is 4.74 Å². The van der Waals surface area contributed by atoms with Crippen LogP contribution < -0.4 is 10.2 Å². The third-order valence-electron chi connectivity index (χ3n) is 4.09. The van der Waals surface area contributed by atoms with Crippen molar-refractivity contribution in [1.82, 2.24) is 5.32 Å². The van der Waals surface area contributed by atoms with Gasteiger partial charge in [0.1, 0.15) is 0 Å². The molecule has 1 aromatic carbocycles. The Bertz CT molecular complexity index is 608. The summed E-state index contributed by atoms with van der Waals surface area (Å²) in [5.41, 5.74) is 1.04. The summed E-state index contributed by atoms with van der Waals surface area (Å²) in [6.07, 6.45) is 2.29. The molecule has 136 valence electrons. The molecular weight excluding hydrogens is 324 g/mol. The highest BCUT2D eigenvalue weighted by Crippen LogP contribution is 2.17. The van der Waals surface area contributed by atoms with Crippen molar-refractivity contribution >= 4 is 23.5 Å². The summed E-state index contributed by atoms with van der Waals surface area (Å²) in [5, 5.41) is 2.84. The van der Waals surface area contributed by atoms with Crippen LogP contribution in [-0.2, 0) is 19.1 Å². The molecule has 7 nitrogen and oxygen atoms in total. The second-order valence-corrected chi connectivity index (χ2v) is 5.90. The van der Waals surface area contributed by atoms with Crippen molar-refractivity contribution in [3.05, 3.63) is 29.8 Å². The minimum absolute atomic E-state index is 0.0960. The molecule has 0 radical (unpaired) electrons. The van der Waals surface area contributed by atoms with Crippen LogP contribution in [0, 0.1) is 0 Å². The molecule has 2 rings (SSSR count). The molecule has 0 saturated carbocycles. The number of amides is 2. The molecule has 1 heterocycles. The van der Waals surface area contributed by atoms with E-state index >= 15 is 0 Å². The van der Waals surface area contributed by atoms with Crippen molar-refractivity contribution in [3.63, 3.8) is 0 Å². The minimum Gasteiger partial charge on any atom is -0.465 e. The summed E-state index contributed by atoms with van der Waals surface area (Å²) in [4.78, 5) is 36.8. The van der Waals surface area contributed by atoms with E-state index in [2.05, 4.69) is 10.1 Å². The Balaban J connectivity index is 1.88. The lowest BCUT2D eigenvalue weighted by atomic mass is 10.2. The topological polar surface area (TPSA) is 84.9 Å². The number of esters is 1. The first kappa shape index (κ1) is 18.9. The van der Waals surface area contributed by atoms with Gasteiger partial charge in [-0.2, -0.15) is 0 Å². The predicted octanol–water partition coefficient (Wildman–Crippen LogP) is 1.51. The molecule has 1 N–H and O–H groups in total. The van der Waals surface area contributed by atoms with Crippen molar-refractivity contribution in [1.29, 1.82) is 0 Å². The van der Waals surface area contributed by atoms with E-state index in [1.165, 1.54) is 18.9 Å². The Morgan fingerprint density at radius 3 is 2.56 bits per heavy atom. The molecule has 1 fully saturated rings. The number of nitrogens with one attached hydrogen (secondary N) is 1. The van der Waals surface area contributed by atoms with Gasteiger partial charge < -0.3 is 19.7 Å². The third-order valence-corrected chi connectivity index (χ3v) is 4.09. The van der Waals surface area contributed by atoms with E-state index in [0.717, 1.165) is 19.4 Å². The normalized spacial score (nSPS) is 16.3. The van der Waals surface area contributed by atoms with Gasteiger partial charge in [0, 0.05) is 38.7 Å². The monoisotopic (exact) mass is 348 g/mol. The maximum Gasteiger partial charge on any atom is 0.337 e. The largest absolute Gasteiger partial charge is 0.465 e. The quantitative estimate of drug-likeness (QED) is 0.755. The zero-order valence-electron chi connectivity index (χ0n) is 14.6. The Kier molecular flexibility index (Phi) is 6.94. The molecule has 1 saturated heterocycles. The molecule has 7 heteroatoms. The highest BCUT2D eigenvalue weighted by Gasteiger charge is 2.18. The van der Waals surface area contributed by atoms with Gasteiger partial charge in [-0.3, -0.25) is 9.59 Å². The molecular formula is C18H24N2O5. The maximum absolute atomic E-state index is 12.0. The SMILES string of the molecule is COC(=O)c1ccc(N(CCC(=O)NCC2CCCO2)C(C)=O)cc1. The minimum atomic E-state index is -0.436. The van der Waals surface area contributed by atoms with Crippen molar-refractivity contribution in [3.8, 4) is 0 Å². The van der Waals surface area contributed by atoms with Crippen molar-refractivity contribution in [2.75, 3.05) is 31.7 Å². The first-order valence-electron chi connectivity index (χ1n) is 8.36. The lowest BCUT2D eigenvalue weighted by molar-refractivity contribution is -0.121. The number of benzene rings is 1. The van der Waals surface area contributed by atoms with Gasteiger partial charge in [-0.15, -0.1) is 0 Å². The Hall–Kier alpha value is -2.41. The second-order valence-electron chi connectivity index (χ2n) is 5.90. The van der Waals surface area contributed by atoms with E-state index in [9.17, 15) is 14.4 Å². The molecule has 0 aliphatic carbocycles. The Morgan fingerprint density at radius 1 is 1.28 bits per heavy atom. The van der Waals surface area contributed by atoms with Gasteiger partial charge in [0.25, 0.3) is 0 Å². The molecule has 1 aromatic rings. The highest BCUT2D eigenvalue weighted by molar-refractivity contribution is 5.94. The van der Waals surface area contributed by atoms with E-state index in [-0.39, 0.29) is 30.9 Å². The van der Waals surface area contributed by atoms with E-state index in [1.807, 2.05) is 0 Å². The van der Waals surface area contributed by atoms with Crippen molar-refractivity contribution < 1.29 is 23.9 Å². The molecule has 1 aliphatic heterocycles. The number of methoxy groups -OCH3 is 1. The molecule has 25 heavy (non-hydrogen) atoms. The van der Waals surface area contributed by atoms with Crippen LogP contribution in [0.5, 0.6) is 0 Å². The first-order chi connectivity index (χ1) is 12.0. The van der Waals surface area contributed by atoms with Crippen molar-refractivity contribution in [2.24, 2.45) is 0 Å². The van der Waals surface area contributed by atoms with Crippen LogP contribution >= 0.6 is 0 Å². The van der Waals surface area contributed by atoms with Gasteiger partial charge in [-0.1, -0.05) is 0 Å². The maximum atomic E-state index is 12.0. The number of carbonyl (C=O) groups excluding carboxylic acids is 3. The van der Waals surface area contributed by atoms with Crippen LogP contribution in [0.2, 0.25) is 0 Å². The van der Waals surface area contributed by atoms with Gasteiger partial charge in [0.15, 0.2) is 0 Å². The fourth-order valence-corrected chi connectivity index (χ4v) is 2.70. The zero-order chi connectivity index (χ0) is 18.2.